The molecule has 0 aliphatic rings. The second-order valence-electron chi connectivity index (χ2n) is 15.1. The van der Waals surface area contributed by atoms with Crippen molar-refractivity contribution >= 4 is 74.6 Å². The second-order valence-corrected chi connectivity index (χ2v) is 16.2. The molecule has 0 saturated heterocycles. The lowest BCUT2D eigenvalue weighted by Gasteiger charge is -2.14. The van der Waals surface area contributed by atoms with Gasteiger partial charge in [-0.3, -0.25) is 0 Å². The van der Waals surface area contributed by atoms with Crippen molar-refractivity contribution in [2.45, 2.75) is 0 Å². The van der Waals surface area contributed by atoms with E-state index >= 15 is 0 Å². The van der Waals surface area contributed by atoms with E-state index in [-0.39, 0.29) is 0 Å². The van der Waals surface area contributed by atoms with E-state index in [1.807, 2.05) is 0 Å². The molecule has 0 saturated carbocycles. The van der Waals surface area contributed by atoms with Gasteiger partial charge in [0, 0.05) is 36.9 Å². The summed E-state index contributed by atoms with van der Waals surface area (Å²) in [5.41, 5.74) is 7.56. The molecule has 0 atom stereocenters. The Morgan fingerprint density at radius 2 is 0.831 bits per heavy atom. The van der Waals surface area contributed by atoms with Crippen molar-refractivity contribution < 1.29 is 0 Å². The average molecular weight is 768 g/mol. The Bertz CT molecular complexity index is 3640. The first-order valence-electron chi connectivity index (χ1n) is 19.9. The number of hydrogen-bond acceptors (Lipinski definition) is 4. The zero-order chi connectivity index (χ0) is 38.9. The topological polar surface area (TPSA) is 38.7 Å². The van der Waals surface area contributed by atoms with Crippen LogP contribution in [0.3, 0.4) is 0 Å². The predicted molar refractivity (Wildman–Crippen MR) is 250 cm³/mol. The summed E-state index contributed by atoms with van der Waals surface area (Å²) < 4.78 is 2.42. The highest BCUT2D eigenvalue weighted by Crippen LogP contribution is 2.42. The van der Waals surface area contributed by atoms with Crippen LogP contribution in [0, 0.1) is 0 Å². The Balaban J connectivity index is 1.08. The van der Waals surface area contributed by atoms with Gasteiger partial charge in [-0.25, -0.2) is 15.0 Å². The highest BCUT2D eigenvalue weighted by molar-refractivity contribution is 7.26. The summed E-state index contributed by atoms with van der Waals surface area (Å²) in [4.78, 5) is 16.0. The first kappa shape index (κ1) is 33.6. The molecule has 59 heavy (non-hydrogen) atoms. The third-order valence-corrected chi connectivity index (χ3v) is 12.9. The molecular weight excluding hydrogens is 735 g/mol. The van der Waals surface area contributed by atoms with Crippen LogP contribution in [0.2, 0.25) is 0 Å². The molecule has 0 spiro atoms. The van der Waals surface area contributed by atoms with Crippen LogP contribution in [0.1, 0.15) is 0 Å². The summed E-state index contributed by atoms with van der Waals surface area (Å²) in [6.07, 6.45) is 0. The third-order valence-electron chi connectivity index (χ3n) is 11.7. The standard InChI is InChI=1S/C55H33N3S/c1-2-14-35-31-38(28-27-34(35)13-1)41-29-30-48(44-21-7-5-20-43(41)44)54-56-53(57-55(58-54)49-25-12-24-47-46-23-9-10-26-51(46)59-52(47)49)39-17-11-16-36(32-39)50-33-37-15-3-4-18-40(37)42-19-6-8-22-45(42)50/h1-33H. The molecule has 0 radical (unpaired) electrons. The van der Waals surface area contributed by atoms with E-state index in [0.717, 1.165) is 33.0 Å². The molecule has 12 aromatic rings. The van der Waals surface area contributed by atoms with Gasteiger partial charge in [0.15, 0.2) is 17.5 Å². The van der Waals surface area contributed by atoms with Crippen LogP contribution in [0.5, 0.6) is 0 Å². The van der Waals surface area contributed by atoms with E-state index in [1.54, 1.807) is 11.3 Å². The number of hydrogen-bond donors (Lipinski definition) is 0. The van der Waals surface area contributed by atoms with Crippen molar-refractivity contribution in [2.24, 2.45) is 0 Å². The quantitative estimate of drug-likeness (QED) is 0.164. The SMILES string of the molecule is c1cc(-c2nc(-c3ccc(-c4ccc5ccccc5c4)c4ccccc34)nc(-c3cccc4c3sc3ccccc34)n2)cc(-c2cc3ccccc3c3ccccc23)c1. The first-order chi connectivity index (χ1) is 29.2. The highest BCUT2D eigenvalue weighted by Gasteiger charge is 2.19. The molecule has 274 valence electrons. The fourth-order valence-corrected chi connectivity index (χ4v) is 10.1. The first-order valence-corrected chi connectivity index (χ1v) is 20.7. The largest absolute Gasteiger partial charge is 0.208 e. The summed E-state index contributed by atoms with van der Waals surface area (Å²) in [5.74, 6) is 1.94. The Morgan fingerprint density at radius 3 is 1.66 bits per heavy atom. The summed E-state index contributed by atoms with van der Waals surface area (Å²) >= 11 is 1.79. The Kier molecular flexibility index (Phi) is 7.72. The van der Waals surface area contributed by atoms with E-state index in [9.17, 15) is 0 Å². The minimum Gasteiger partial charge on any atom is -0.208 e. The van der Waals surface area contributed by atoms with Crippen LogP contribution >= 0.6 is 11.3 Å². The van der Waals surface area contributed by atoms with Crippen molar-refractivity contribution in [3.8, 4) is 56.4 Å². The van der Waals surface area contributed by atoms with Gasteiger partial charge in [0.25, 0.3) is 0 Å². The lowest BCUT2D eigenvalue weighted by Crippen LogP contribution is -2.01. The molecule has 2 heterocycles. The van der Waals surface area contributed by atoms with Crippen LogP contribution in [0.4, 0.5) is 0 Å². The number of fused-ring (bicyclic) bond motifs is 8. The minimum atomic E-state index is 0.637. The zero-order valence-electron chi connectivity index (χ0n) is 31.8. The van der Waals surface area contributed by atoms with Crippen LogP contribution < -0.4 is 0 Å². The fraction of sp³-hybridized carbons (Fsp3) is 0. The normalized spacial score (nSPS) is 11.7. The fourth-order valence-electron chi connectivity index (χ4n) is 8.89. The van der Waals surface area contributed by atoms with Crippen LogP contribution in [0.25, 0.3) is 120 Å². The monoisotopic (exact) mass is 767 g/mol. The van der Waals surface area contributed by atoms with Gasteiger partial charge in [0.1, 0.15) is 0 Å². The lowest BCUT2D eigenvalue weighted by atomic mass is 9.92. The van der Waals surface area contributed by atoms with Crippen molar-refractivity contribution in [3.05, 3.63) is 200 Å². The molecule has 10 aromatic carbocycles. The lowest BCUT2D eigenvalue weighted by molar-refractivity contribution is 1.08. The maximum absolute atomic E-state index is 5.35. The van der Waals surface area contributed by atoms with Crippen molar-refractivity contribution in [2.75, 3.05) is 0 Å². The average Bonchev–Trinajstić information content (AvgIpc) is 3.70. The molecule has 0 bridgehead atoms. The van der Waals surface area contributed by atoms with Crippen LogP contribution in [-0.4, -0.2) is 15.0 Å². The second kappa shape index (κ2) is 13.6. The molecule has 0 aliphatic heterocycles. The van der Waals surface area contributed by atoms with E-state index in [0.29, 0.717) is 17.5 Å². The number of nitrogens with zero attached hydrogens (tertiary/aromatic N) is 3. The van der Waals surface area contributed by atoms with Gasteiger partial charge < -0.3 is 0 Å². The minimum absolute atomic E-state index is 0.637. The van der Waals surface area contributed by atoms with Gasteiger partial charge in [0.05, 0.1) is 0 Å². The molecule has 2 aromatic heterocycles. The number of rotatable bonds is 5. The van der Waals surface area contributed by atoms with Crippen molar-refractivity contribution in [3.63, 3.8) is 0 Å². The molecule has 12 rings (SSSR count). The summed E-state index contributed by atoms with van der Waals surface area (Å²) in [7, 11) is 0. The van der Waals surface area contributed by atoms with Crippen LogP contribution in [0.15, 0.2) is 200 Å². The molecular formula is C55H33N3S. The third kappa shape index (κ3) is 5.60. The summed E-state index contributed by atoms with van der Waals surface area (Å²) in [6.45, 7) is 0. The zero-order valence-corrected chi connectivity index (χ0v) is 32.6. The molecule has 3 nitrogen and oxygen atoms in total. The van der Waals surface area contributed by atoms with Crippen molar-refractivity contribution in [1.82, 2.24) is 15.0 Å². The number of thiophene rings is 1. The van der Waals surface area contributed by atoms with Gasteiger partial charge in [-0.1, -0.05) is 164 Å². The molecule has 4 heteroatoms. The van der Waals surface area contributed by atoms with Crippen LogP contribution in [-0.2, 0) is 0 Å². The summed E-state index contributed by atoms with van der Waals surface area (Å²) in [6, 6.07) is 71.7. The Hall–Kier alpha value is -7.53. The molecule has 0 fully saturated rings. The van der Waals surface area contributed by atoms with E-state index in [2.05, 4.69) is 200 Å². The molecule has 0 aliphatic carbocycles. The molecule has 0 N–H and O–H groups in total. The Morgan fingerprint density at radius 1 is 0.271 bits per heavy atom. The van der Waals surface area contributed by atoms with E-state index < -0.39 is 0 Å². The van der Waals surface area contributed by atoms with E-state index in [4.69, 9.17) is 15.0 Å². The number of benzene rings is 10. The van der Waals surface area contributed by atoms with Crippen molar-refractivity contribution in [1.29, 1.82) is 0 Å². The summed E-state index contributed by atoms with van der Waals surface area (Å²) in [5, 5.41) is 12.1. The maximum Gasteiger partial charge on any atom is 0.165 e. The van der Waals surface area contributed by atoms with Gasteiger partial charge >= 0.3 is 0 Å². The molecule has 0 unspecified atom stereocenters. The maximum atomic E-state index is 5.35. The molecule has 0 amide bonds. The highest BCUT2D eigenvalue weighted by atomic mass is 32.1. The smallest absolute Gasteiger partial charge is 0.165 e. The van der Waals surface area contributed by atoms with Gasteiger partial charge in [-0.2, -0.15) is 0 Å². The number of aromatic nitrogens is 3. The predicted octanol–water partition coefficient (Wildman–Crippen LogP) is 15.2. The van der Waals surface area contributed by atoms with E-state index in [1.165, 1.54) is 69.2 Å². The van der Waals surface area contributed by atoms with Gasteiger partial charge in [0.2, 0.25) is 0 Å². The van der Waals surface area contributed by atoms with Gasteiger partial charge in [-0.15, -0.1) is 11.3 Å². The van der Waals surface area contributed by atoms with Gasteiger partial charge in [-0.05, 0) is 102 Å². The Labute approximate surface area is 344 Å².